The molecule has 1 rings (SSSR count). The van der Waals surface area contributed by atoms with E-state index in [1.54, 1.807) is 13.8 Å². The van der Waals surface area contributed by atoms with Gasteiger partial charge in [0.15, 0.2) is 17.4 Å². The van der Waals surface area contributed by atoms with E-state index in [-0.39, 0.29) is 17.8 Å². The third-order valence-electron chi connectivity index (χ3n) is 2.56. The molecule has 1 aromatic rings. The molecule has 0 radical (unpaired) electrons. The standard InChI is InChI=1S/C12H14F2O2/c1-12(2,16-3)10(15)7-8-5-4-6-9(13)11(8)14/h4-6H,7H2,1-3H3. The maximum Gasteiger partial charge on any atom is 0.168 e. The van der Waals surface area contributed by atoms with E-state index in [2.05, 4.69) is 0 Å². The summed E-state index contributed by atoms with van der Waals surface area (Å²) in [4.78, 5) is 11.7. The highest BCUT2D eigenvalue weighted by Gasteiger charge is 2.27. The smallest absolute Gasteiger partial charge is 0.168 e. The first-order valence-electron chi connectivity index (χ1n) is 4.90. The number of Topliss-reactive ketones (excluding diaryl/α,β-unsaturated/α-hetero) is 1. The molecule has 0 fully saturated rings. The van der Waals surface area contributed by atoms with Crippen molar-refractivity contribution >= 4 is 5.78 Å². The van der Waals surface area contributed by atoms with Crippen LogP contribution < -0.4 is 0 Å². The molecular formula is C12H14F2O2. The first-order valence-corrected chi connectivity index (χ1v) is 4.90. The Labute approximate surface area is 93.2 Å². The van der Waals surface area contributed by atoms with Gasteiger partial charge in [0.25, 0.3) is 0 Å². The number of hydrogen-bond acceptors (Lipinski definition) is 2. The normalized spacial score (nSPS) is 11.6. The van der Waals surface area contributed by atoms with Crippen molar-refractivity contribution < 1.29 is 18.3 Å². The highest BCUT2D eigenvalue weighted by atomic mass is 19.2. The summed E-state index contributed by atoms with van der Waals surface area (Å²) in [5.41, 5.74) is -0.936. The number of carbonyl (C=O) groups is 1. The summed E-state index contributed by atoms with van der Waals surface area (Å²) in [5, 5.41) is 0. The fraction of sp³-hybridized carbons (Fsp3) is 0.417. The quantitative estimate of drug-likeness (QED) is 0.791. The van der Waals surface area contributed by atoms with E-state index in [4.69, 9.17) is 4.74 Å². The zero-order chi connectivity index (χ0) is 12.3. The molecule has 0 saturated heterocycles. The average Bonchev–Trinajstić information content (AvgIpc) is 2.24. The van der Waals surface area contributed by atoms with E-state index < -0.39 is 17.2 Å². The molecule has 0 aliphatic carbocycles. The van der Waals surface area contributed by atoms with Crippen LogP contribution in [0.5, 0.6) is 0 Å². The van der Waals surface area contributed by atoms with Crippen LogP contribution in [0.2, 0.25) is 0 Å². The number of halogens is 2. The predicted octanol–water partition coefficient (Wildman–Crippen LogP) is 2.50. The van der Waals surface area contributed by atoms with Crippen molar-refractivity contribution in [2.75, 3.05) is 7.11 Å². The lowest BCUT2D eigenvalue weighted by Gasteiger charge is -2.21. The van der Waals surface area contributed by atoms with Crippen molar-refractivity contribution in [2.45, 2.75) is 25.9 Å². The second-order valence-electron chi connectivity index (χ2n) is 4.03. The van der Waals surface area contributed by atoms with E-state index in [1.165, 1.54) is 19.2 Å². The molecular weight excluding hydrogens is 214 g/mol. The lowest BCUT2D eigenvalue weighted by atomic mass is 9.96. The highest BCUT2D eigenvalue weighted by molar-refractivity contribution is 5.88. The molecule has 0 N–H and O–H groups in total. The van der Waals surface area contributed by atoms with Crippen LogP contribution in [0.1, 0.15) is 19.4 Å². The molecule has 0 heterocycles. The Morgan fingerprint density at radius 2 is 2.00 bits per heavy atom. The van der Waals surface area contributed by atoms with Crippen LogP contribution in [0.3, 0.4) is 0 Å². The Morgan fingerprint density at radius 1 is 1.38 bits per heavy atom. The number of hydrogen-bond donors (Lipinski definition) is 0. The van der Waals surface area contributed by atoms with Gasteiger partial charge in [0.1, 0.15) is 5.60 Å². The number of benzene rings is 1. The fourth-order valence-corrected chi connectivity index (χ4v) is 1.18. The topological polar surface area (TPSA) is 26.3 Å². The van der Waals surface area contributed by atoms with Crippen LogP contribution in [-0.4, -0.2) is 18.5 Å². The van der Waals surface area contributed by atoms with Gasteiger partial charge in [-0.2, -0.15) is 0 Å². The molecule has 0 aliphatic heterocycles. The van der Waals surface area contributed by atoms with E-state index in [9.17, 15) is 13.6 Å². The summed E-state index contributed by atoms with van der Waals surface area (Å²) in [7, 11) is 1.40. The van der Waals surface area contributed by atoms with Crippen molar-refractivity contribution in [3.8, 4) is 0 Å². The number of ether oxygens (including phenoxy) is 1. The molecule has 0 spiro atoms. The lowest BCUT2D eigenvalue weighted by molar-refractivity contribution is -0.136. The SMILES string of the molecule is COC(C)(C)C(=O)Cc1cccc(F)c1F. The van der Waals surface area contributed by atoms with Gasteiger partial charge in [0, 0.05) is 13.5 Å². The second-order valence-corrected chi connectivity index (χ2v) is 4.03. The van der Waals surface area contributed by atoms with Crippen LogP contribution in [-0.2, 0) is 16.0 Å². The molecule has 0 amide bonds. The molecule has 16 heavy (non-hydrogen) atoms. The summed E-state index contributed by atoms with van der Waals surface area (Å²) in [5.74, 6) is -2.21. The van der Waals surface area contributed by atoms with Gasteiger partial charge in [0.2, 0.25) is 0 Å². The first kappa shape index (κ1) is 12.8. The van der Waals surface area contributed by atoms with Crippen LogP contribution >= 0.6 is 0 Å². The maximum absolute atomic E-state index is 13.3. The summed E-state index contributed by atoms with van der Waals surface area (Å²) >= 11 is 0. The summed E-state index contributed by atoms with van der Waals surface area (Å²) in [6, 6.07) is 3.79. The van der Waals surface area contributed by atoms with E-state index in [0.717, 1.165) is 6.07 Å². The van der Waals surface area contributed by atoms with Gasteiger partial charge in [0.05, 0.1) is 0 Å². The second kappa shape index (κ2) is 4.70. The monoisotopic (exact) mass is 228 g/mol. The number of rotatable bonds is 4. The van der Waals surface area contributed by atoms with Crippen LogP contribution in [0.4, 0.5) is 8.78 Å². The van der Waals surface area contributed by atoms with Gasteiger partial charge in [-0.15, -0.1) is 0 Å². The van der Waals surface area contributed by atoms with Crippen molar-refractivity contribution in [1.82, 2.24) is 0 Å². The Kier molecular flexibility index (Phi) is 3.75. The van der Waals surface area contributed by atoms with Crippen LogP contribution in [0.25, 0.3) is 0 Å². The van der Waals surface area contributed by atoms with Gasteiger partial charge in [-0.3, -0.25) is 4.79 Å². The van der Waals surface area contributed by atoms with Crippen molar-refractivity contribution in [3.63, 3.8) is 0 Å². The maximum atomic E-state index is 13.3. The van der Waals surface area contributed by atoms with E-state index >= 15 is 0 Å². The molecule has 0 atom stereocenters. The molecule has 0 saturated carbocycles. The minimum absolute atomic E-state index is 0.0510. The van der Waals surface area contributed by atoms with Crippen molar-refractivity contribution in [2.24, 2.45) is 0 Å². The summed E-state index contributed by atoms with van der Waals surface area (Å²) < 4.78 is 31.2. The third-order valence-corrected chi connectivity index (χ3v) is 2.56. The van der Waals surface area contributed by atoms with E-state index in [1.807, 2.05) is 0 Å². The van der Waals surface area contributed by atoms with Gasteiger partial charge >= 0.3 is 0 Å². The molecule has 88 valence electrons. The van der Waals surface area contributed by atoms with Crippen molar-refractivity contribution in [1.29, 1.82) is 0 Å². The fourth-order valence-electron chi connectivity index (χ4n) is 1.18. The predicted molar refractivity (Wildman–Crippen MR) is 56.2 cm³/mol. The molecule has 0 unspecified atom stereocenters. The largest absolute Gasteiger partial charge is 0.371 e. The minimum atomic E-state index is -0.987. The Morgan fingerprint density at radius 3 is 2.56 bits per heavy atom. The zero-order valence-electron chi connectivity index (χ0n) is 9.51. The molecule has 0 aliphatic rings. The molecule has 0 bridgehead atoms. The van der Waals surface area contributed by atoms with Gasteiger partial charge in [-0.1, -0.05) is 12.1 Å². The summed E-state index contributed by atoms with van der Waals surface area (Å²) in [6.45, 7) is 3.18. The highest BCUT2D eigenvalue weighted by Crippen LogP contribution is 2.17. The third kappa shape index (κ3) is 2.64. The average molecular weight is 228 g/mol. The molecule has 4 heteroatoms. The van der Waals surface area contributed by atoms with E-state index in [0.29, 0.717) is 0 Å². The van der Waals surface area contributed by atoms with Crippen molar-refractivity contribution in [3.05, 3.63) is 35.4 Å². The van der Waals surface area contributed by atoms with Gasteiger partial charge < -0.3 is 4.74 Å². The van der Waals surface area contributed by atoms with Crippen LogP contribution in [0, 0.1) is 11.6 Å². The van der Waals surface area contributed by atoms with Gasteiger partial charge in [-0.05, 0) is 25.5 Å². The Hall–Kier alpha value is -1.29. The summed E-state index contributed by atoms with van der Waals surface area (Å²) in [6.07, 6.45) is -0.176. The Bertz CT molecular complexity index is 400. The molecule has 1 aromatic carbocycles. The molecule has 0 aromatic heterocycles. The first-order chi connectivity index (χ1) is 7.38. The molecule has 2 nitrogen and oxygen atoms in total. The Balaban J connectivity index is 2.90. The lowest BCUT2D eigenvalue weighted by Crippen LogP contribution is -2.35. The number of ketones is 1. The zero-order valence-corrected chi connectivity index (χ0v) is 9.51. The van der Waals surface area contributed by atoms with Crippen LogP contribution in [0.15, 0.2) is 18.2 Å². The minimum Gasteiger partial charge on any atom is -0.371 e. The van der Waals surface area contributed by atoms with Gasteiger partial charge in [-0.25, -0.2) is 8.78 Å². The number of carbonyl (C=O) groups excluding carboxylic acids is 1. The number of methoxy groups -OCH3 is 1.